The van der Waals surface area contributed by atoms with Crippen molar-refractivity contribution in [3.05, 3.63) is 35.6 Å². The highest BCUT2D eigenvalue weighted by atomic mass is 31.2. The molecule has 1 saturated heterocycles. The van der Waals surface area contributed by atoms with Gasteiger partial charge in [-0.1, -0.05) is 31.4 Å². The molecule has 1 aromatic rings. The second-order valence-corrected chi connectivity index (χ2v) is 10.4. The fraction of sp³-hybridized carbons (Fsp3) is 0.591. The number of carbonyl (C=O) groups excluding carboxylic acids is 2. The van der Waals surface area contributed by atoms with E-state index in [0.717, 1.165) is 32.1 Å². The Hall–Kier alpha value is -1.89. The first-order valence-electron chi connectivity index (χ1n) is 11.0. The molecule has 2 heterocycles. The maximum Gasteiger partial charge on any atom is 0.363 e. The first kappa shape index (κ1) is 22.3. The second kappa shape index (κ2) is 8.57. The van der Waals surface area contributed by atoms with Crippen LogP contribution in [0.15, 0.2) is 29.3 Å². The molecular weight excluding hydrogens is 422 g/mol. The highest BCUT2D eigenvalue weighted by molar-refractivity contribution is 7.55. The molecule has 0 aromatic heterocycles. The molecule has 1 aromatic carbocycles. The Morgan fingerprint density at radius 2 is 1.68 bits per heavy atom. The molecule has 2 aliphatic heterocycles. The zero-order chi connectivity index (χ0) is 22.2. The van der Waals surface area contributed by atoms with Gasteiger partial charge in [-0.3, -0.25) is 24.0 Å². The molecule has 7 nitrogen and oxygen atoms in total. The van der Waals surface area contributed by atoms with Crippen molar-refractivity contribution in [2.45, 2.75) is 57.3 Å². The van der Waals surface area contributed by atoms with Gasteiger partial charge >= 0.3 is 7.60 Å². The minimum absolute atomic E-state index is 0.0710. The fourth-order valence-electron chi connectivity index (χ4n) is 5.18. The predicted octanol–water partition coefficient (Wildman–Crippen LogP) is 4.26. The molecule has 168 valence electrons. The first-order valence-corrected chi connectivity index (χ1v) is 12.5. The summed E-state index contributed by atoms with van der Waals surface area (Å²) in [4.78, 5) is 32.9. The molecule has 9 heteroatoms. The molecule has 1 aliphatic carbocycles. The number of halogens is 1. The Kier molecular flexibility index (Phi) is 6.16. The number of aliphatic imine (C=N–C) groups is 1. The molecule has 2 fully saturated rings. The fourth-order valence-corrected chi connectivity index (χ4v) is 7.62. The van der Waals surface area contributed by atoms with Crippen molar-refractivity contribution in [1.29, 1.82) is 0 Å². The zero-order valence-corrected chi connectivity index (χ0v) is 18.7. The van der Waals surface area contributed by atoms with E-state index in [0.29, 0.717) is 5.56 Å². The number of benzene rings is 1. The molecule has 0 unspecified atom stereocenters. The van der Waals surface area contributed by atoms with E-state index >= 15 is 0 Å². The third-order valence-corrected chi connectivity index (χ3v) is 9.16. The third kappa shape index (κ3) is 3.40. The van der Waals surface area contributed by atoms with E-state index in [1.54, 1.807) is 13.8 Å². The van der Waals surface area contributed by atoms with Crippen LogP contribution >= 0.6 is 7.60 Å². The van der Waals surface area contributed by atoms with Crippen molar-refractivity contribution in [3.63, 3.8) is 0 Å². The lowest BCUT2D eigenvalue weighted by Crippen LogP contribution is -2.44. The van der Waals surface area contributed by atoms with Crippen LogP contribution in [0.5, 0.6) is 0 Å². The predicted molar refractivity (Wildman–Crippen MR) is 113 cm³/mol. The number of fused-ring (bicyclic) bond motifs is 1. The summed E-state index contributed by atoms with van der Waals surface area (Å²) in [5, 5.41) is -1.73. The smallest absolute Gasteiger partial charge is 0.307 e. The Bertz CT molecular complexity index is 920. The maximum atomic E-state index is 14.2. The number of hydrogen-bond donors (Lipinski definition) is 0. The lowest BCUT2D eigenvalue weighted by Gasteiger charge is -2.38. The number of carbonyl (C=O) groups is 2. The first-order chi connectivity index (χ1) is 14.9. The summed E-state index contributed by atoms with van der Waals surface area (Å²) in [6, 6.07) is 5.18. The van der Waals surface area contributed by atoms with Gasteiger partial charge in [-0.05, 0) is 44.4 Å². The SMILES string of the molecule is CCOP(=O)(OCC)[C@]1(c2ccc(F)cc2)N=C[C@H]2C(=O)N(C3CCCCC3)C(=O)[C@H]21. The summed E-state index contributed by atoms with van der Waals surface area (Å²) < 4.78 is 39.2. The summed E-state index contributed by atoms with van der Waals surface area (Å²) in [7, 11) is -4.06. The van der Waals surface area contributed by atoms with Crippen molar-refractivity contribution >= 4 is 25.6 Å². The van der Waals surface area contributed by atoms with Gasteiger partial charge in [0, 0.05) is 12.3 Å². The van der Waals surface area contributed by atoms with Crippen LogP contribution in [0, 0.1) is 17.7 Å². The minimum Gasteiger partial charge on any atom is -0.307 e. The standard InChI is InChI=1S/C22H28FN2O5P/c1-3-29-31(28,30-4-2)22(15-10-12-16(23)13-11-15)19-18(14-24-22)20(26)25(21(19)27)17-8-6-5-7-9-17/h10-14,17-19H,3-9H2,1-2H3/t18-,19+,22+/m1/s1. The average Bonchev–Trinajstić information content (AvgIpc) is 3.28. The van der Waals surface area contributed by atoms with Gasteiger partial charge < -0.3 is 9.05 Å². The van der Waals surface area contributed by atoms with E-state index in [-0.39, 0.29) is 25.2 Å². The van der Waals surface area contributed by atoms with Gasteiger partial charge in [0.2, 0.25) is 11.8 Å². The number of nitrogens with zero attached hydrogens (tertiary/aromatic N) is 2. The summed E-state index contributed by atoms with van der Waals surface area (Å²) in [6.45, 7) is 3.50. The molecular formula is C22H28FN2O5P. The number of imide groups is 1. The monoisotopic (exact) mass is 450 g/mol. The highest BCUT2D eigenvalue weighted by Gasteiger charge is 2.70. The minimum atomic E-state index is -4.06. The molecule has 0 spiro atoms. The molecule has 0 radical (unpaired) electrons. The Balaban J connectivity index is 1.85. The molecule has 3 atom stereocenters. The van der Waals surface area contributed by atoms with Crippen molar-refractivity contribution in [2.24, 2.45) is 16.8 Å². The Morgan fingerprint density at radius 1 is 1.06 bits per heavy atom. The molecule has 0 bridgehead atoms. The number of hydrogen-bond acceptors (Lipinski definition) is 6. The van der Waals surface area contributed by atoms with Gasteiger partial charge in [0.05, 0.1) is 25.0 Å². The van der Waals surface area contributed by atoms with Gasteiger partial charge in [0.15, 0.2) is 5.28 Å². The van der Waals surface area contributed by atoms with E-state index < -0.39 is 36.4 Å². The van der Waals surface area contributed by atoms with Crippen LogP contribution in [0.25, 0.3) is 0 Å². The van der Waals surface area contributed by atoms with Gasteiger partial charge in [-0.25, -0.2) is 4.39 Å². The van der Waals surface area contributed by atoms with E-state index in [2.05, 4.69) is 4.99 Å². The molecule has 1 saturated carbocycles. The van der Waals surface area contributed by atoms with E-state index in [4.69, 9.17) is 9.05 Å². The lowest BCUT2D eigenvalue weighted by atomic mass is 9.87. The normalized spacial score (nSPS) is 29.1. The second-order valence-electron chi connectivity index (χ2n) is 8.19. The van der Waals surface area contributed by atoms with E-state index in [1.165, 1.54) is 35.4 Å². The number of rotatable bonds is 7. The Labute approximate surface area is 181 Å². The van der Waals surface area contributed by atoms with Crippen LogP contribution in [-0.2, 0) is 28.5 Å². The molecule has 0 N–H and O–H groups in total. The van der Waals surface area contributed by atoms with Crippen molar-refractivity contribution in [1.82, 2.24) is 4.90 Å². The van der Waals surface area contributed by atoms with Crippen LogP contribution < -0.4 is 0 Å². The topological polar surface area (TPSA) is 85.3 Å². The molecule has 4 rings (SSSR count). The van der Waals surface area contributed by atoms with E-state index in [1.807, 2.05) is 0 Å². The van der Waals surface area contributed by atoms with Gasteiger partial charge in [-0.2, -0.15) is 0 Å². The largest absolute Gasteiger partial charge is 0.363 e. The van der Waals surface area contributed by atoms with Crippen LogP contribution in [-0.4, -0.2) is 42.2 Å². The summed E-state index contributed by atoms with van der Waals surface area (Å²) in [5.41, 5.74) is 0.342. The van der Waals surface area contributed by atoms with Crippen LogP contribution in [0.2, 0.25) is 0 Å². The number of amides is 2. The summed E-state index contributed by atoms with van der Waals surface area (Å²) in [5.74, 6) is -3.07. The highest BCUT2D eigenvalue weighted by Crippen LogP contribution is 2.72. The van der Waals surface area contributed by atoms with Crippen LogP contribution in [0.4, 0.5) is 4.39 Å². The lowest BCUT2D eigenvalue weighted by molar-refractivity contribution is -0.143. The molecule has 3 aliphatic rings. The van der Waals surface area contributed by atoms with Gasteiger partial charge in [0.25, 0.3) is 0 Å². The van der Waals surface area contributed by atoms with Gasteiger partial charge in [-0.15, -0.1) is 0 Å². The quantitative estimate of drug-likeness (QED) is 0.458. The maximum absolute atomic E-state index is 14.2. The Morgan fingerprint density at radius 3 is 2.26 bits per heavy atom. The van der Waals surface area contributed by atoms with Gasteiger partial charge in [0.1, 0.15) is 5.82 Å². The zero-order valence-electron chi connectivity index (χ0n) is 17.8. The third-order valence-electron chi connectivity index (χ3n) is 6.48. The number of likely N-dealkylation sites (tertiary alicyclic amines) is 1. The molecule has 31 heavy (non-hydrogen) atoms. The summed E-state index contributed by atoms with van der Waals surface area (Å²) in [6.07, 6.45) is 5.97. The van der Waals surface area contributed by atoms with Crippen LogP contribution in [0.3, 0.4) is 0 Å². The van der Waals surface area contributed by atoms with Crippen molar-refractivity contribution < 1.29 is 27.6 Å². The van der Waals surface area contributed by atoms with Crippen LogP contribution in [0.1, 0.15) is 51.5 Å². The van der Waals surface area contributed by atoms with Crippen molar-refractivity contribution in [3.8, 4) is 0 Å². The van der Waals surface area contributed by atoms with E-state index in [9.17, 15) is 18.5 Å². The summed E-state index contributed by atoms with van der Waals surface area (Å²) >= 11 is 0. The molecule has 2 amide bonds. The van der Waals surface area contributed by atoms with Crippen molar-refractivity contribution in [2.75, 3.05) is 13.2 Å². The average molecular weight is 450 g/mol.